The smallest absolute Gasteiger partial charge is 0.324 e. The van der Waals surface area contributed by atoms with Gasteiger partial charge in [0.05, 0.1) is 11.2 Å². The molecule has 0 aliphatic rings. The minimum atomic E-state index is -0.533. The first-order chi connectivity index (χ1) is 14.8. The van der Waals surface area contributed by atoms with Crippen LogP contribution < -0.4 is 16.6 Å². The Hall–Kier alpha value is -3.45. The molecule has 4 rings (SSSR count). The maximum atomic E-state index is 13.3. The zero-order valence-corrected chi connectivity index (χ0v) is 18.7. The van der Waals surface area contributed by atoms with E-state index >= 15 is 0 Å². The molecule has 0 aliphatic carbocycles. The number of rotatable bonds is 4. The molecule has 31 heavy (non-hydrogen) atoms. The Balaban J connectivity index is 1.80. The number of hydrogen-bond acceptors (Lipinski definition) is 4. The van der Waals surface area contributed by atoms with Crippen molar-refractivity contribution in [3.63, 3.8) is 0 Å². The lowest BCUT2D eigenvalue weighted by molar-refractivity contribution is -0.116. The van der Waals surface area contributed by atoms with Crippen molar-refractivity contribution >= 4 is 33.1 Å². The summed E-state index contributed by atoms with van der Waals surface area (Å²) in [6.07, 6.45) is 0. The molecule has 2 aromatic heterocycles. The topological polar surface area (TPSA) is 73.1 Å². The summed E-state index contributed by atoms with van der Waals surface area (Å²) in [4.78, 5) is 39.3. The first-order valence-electron chi connectivity index (χ1n) is 9.94. The van der Waals surface area contributed by atoms with E-state index in [-0.39, 0.29) is 18.0 Å². The summed E-state index contributed by atoms with van der Waals surface area (Å²) in [5.41, 5.74) is 4.78. The van der Waals surface area contributed by atoms with Crippen molar-refractivity contribution in [2.24, 2.45) is 0 Å². The van der Waals surface area contributed by atoms with Crippen LogP contribution in [-0.2, 0) is 11.3 Å². The second kappa shape index (κ2) is 8.00. The SMILES string of the molecule is Cc1cccc(-n2c(=O)c3sccc3n(CC(=O)Nc3c(C)cc(C)cc3C)c2=O)c1. The highest BCUT2D eigenvalue weighted by Gasteiger charge is 2.18. The molecule has 1 amide bonds. The average Bonchev–Trinajstić information content (AvgIpc) is 3.18. The van der Waals surface area contributed by atoms with Gasteiger partial charge in [0.2, 0.25) is 5.91 Å². The summed E-state index contributed by atoms with van der Waals surface area (Å²) in [7, 11) is 0. The number of aromatic nitrogens is 2. The molecule has 0 bridgehead atoms. The first kappa shape index (κ1) is 20.8. The van der Waals surface area contributed by atoms with Gasteiger partial charge in [0, 0.05) is 5.69 Å². The lowest BCUT2D eigenvalue weighted by Crippen LogP contribution is -2.40. The lowest BCUT2D eigenvalue weighted by Gasteiger charge is -2.15. The Kier molecular flexibility index (Phi) is 5.37. The number of hydrogen-bond donors (Lipinski definition) is 1. The van der Waals surface area contributed by atoms with Gasteiger partial charge in [-0.2, -0.15) is 0 Å². The fourth-order valence-corrected chi connectivity index (χ4v) is 4.76. The van der Waals surface area contributed by atoms with Gasteiger partial charge in [-0.1, -0.05) is 29.8 Å². The minimum absolute atomic E-state index is 0.190. The van der Waals surface area contributed by atoms with E-state index in [4.69, 9.17) is 0 Å². The average molecular weight is 434 g/mol. The van der Waals surface area contributed by atoms with Crippen molar-refractivity contribution in [3.8, 4) is 5.69 Å². The Bertz CT molecular complexity index is 1420. The number of anilines is 1. The molecule has 4 aromatic rings. The number of carbonyl (C=O) groups is 1. The molecular weight excluding hydrogens is 410 g/mol. The van der Waals surface area contributed by atoms with E-state index in [9.17, 15) is 14.4 Å². The van der Waals surface area contributed by atoms with Crippen LogP contribution in [0.3, 0.4) is 0 Å². The predicted octanol–water partition coefficient (Wildman–Crippen LogP) is 4.09. The summed E-state index contributed by atoms with van der Waals surface area (Å²) in [6.45, 7) is 7.60. The molecule has 0 atom stereocenters. The molecule has 1 N–H and O–H groups in total. The van der Waals surface area contributed by atoms with E-state index in [1.165, 1.54) is 15.9 Å². The van der Waals surface area contributed by atoms with Crippen LogP contribution in [0.1, 0.15) is 22.3 Å². The van der Waals surface area contributed by atoms with Gasteiger partial charge in [-0.05, 0) is 68.0 Å². The molecular formula is C24H23N3O3S. The minimum Gasteiger partial charge on any atom is -0.324 e. The molecule has 2 aromatic carbocycles. The number of thiophene rings is 1. The Morgan fingerprint density at radius 3 is 2.35 bits per heavy atom. The number of fused-ring (bicyclic) bond motifs is 1. The summed E-state index contributed by atoms with van der Waals surface area (Å²) in [5.74, 6) is -0.320. The molecule has 0 aliphatic heterocycles. The molecule has 0 radical (unpaired) electrons. The van der Waals surface area contributed by atoms with Gasteiger partial charge in [-0.3, -0.25) is 14.2 Å². The Labute approximate surface area is 183 Å². The van der Waals surface area contributed by atoms with Gasteiger partial charge < -0.3 is 5.32 Å². The molecule has 6 nitrogen and oxygen atoms in total. The van der Waals surface area contributed by atoms with Crippen LogP contribution in [0.25, 0.3) is 15.9 Å². The van der Waals surface area contributed by atoms with Crippen molar-refractivity contribution in [1.82, 2.24) is 9.13 Å². The van der Waals surface area contributed by atoms with Crippen LogP contribution in [-0.4, -0.2) is 15.0 Å². The first-order valence-corrected chi connectivity index (χ1v) is 10.8. The quantitative estimate of drug-likeness (QED) is 0.527. The van der Waals surface area contributed by atoms with Crippen LogP contribution in [0.4, 0.5) is 5.69 Å². The summed E-state index contributed by atoms with van der Waals surface area (Å²) >= 11 is 1.26. The van der Waals surface area contributed by atoms with E-state index < -0.39 is 5.69 Å². The van der Waals surface area contributed by atoms with Crippen molar-refractivity contribution in [1.29, 1.82) is 0 Å². The molecule has 7 heteroatoms. The van der Waals surface area contributed by atoms with Crippen molar-refractivity contribution in [2.75, 3.05) is 5.32 Å². The fraction of sp³-hybridized carbons (Fsp3) is 0.208. The van der Waals surface area contributed by atoms with Gasteiger partial charge in [0.25, 0.3) is 5.56 Å². The van der Waals surface area contributed by atoms with Crippen molar-refractivity contribution in [2.45, 2.75) is 34.2 Å². The number of aryl methyl sites for hydroxylation is 4. The van der Waals surface area contributed by atoms with Gasteiger partial charge in [-0.25, -0.2) is 9.36 Å². The van der Waals surface area contributed by atoms with Crippen LogP contribution in [0.2, 0.25) is 0 Å². The van der Waals surface area contributed by atoms with Crippen LogP contribution in [0.5, 0.6) is 0 Å². The second-order valence-corrected chi connectivity index (χ2v) is 8.72. The molecule has 0 saturated heterocycles. The second-order valence-electron chi connectivity index (χ2n) is 7.81. The molecule has 0 saturated carbocycles. The molecule has 0 fully saturated rings. The highest BCUT2D eigenvalue weighted by atomic mass is 32.1. The number of nitrogens with one attached hydrogen (secondary N) is 1. The van der Waals surface area contributed by atoms with Gasteiger partial charge >= 0.3 is 5.69 Å². The molecule has 2 heterocycles. The van der Waals surface area contributed by atoms with Crippen molar-refractivity contribution in [3.05, 3.63) is 90.9 Å². The van der Waals surface area contributed by atoms with E-state index in [1.54, 1.807) is 29.6 Å². The zero-order chi connectivity index (χ0) is 22.3. The van der Waals surface area contributed by atoms with Crippen LogP contribution in [0, 0.1) is 27.7 Å². The van der Waals surface area contributed by atoms with Crippen LogP contribution >= 0.6 is 11.3 Å². The zero-order valence-electron chi connectivity index (χ0n) is 17.9. The fourth-order valence-electron chi connectivity index (χ4n) is 3.93. The van der Waals surface area contributed by atoms with Gasteiger partial charge in [0.1, 0.15) is 11.2 Å². The largest absolute Gasteiger partial charge is 0.336 e. The van der Waals surface area contributed by atoms with Gasteiger partial charge in [-0.15, -0.1) is 11.3 Å². The number of carbonyl (C=O) groups excluding carboxylic acids is 1. The molecule has 0 unspecified atom stereocenters. The third-order valence-corrected chi connectivity index (χ3v) is 6.15. The Morgan fingerprint density at radius 2 is 1.68 bits per heavy atom. The number of nitrogens with zero attached hydrogens (tertiary/aromatic N) is 2. The summed E-state index contributed by atoms with van der Waals surface area (Å²) < 4.78 is 2.95. The lowest BCUT2D eigenvalue weighted by atomic mass is 10.1. The molecule has 158 valence electrons. The van der Waals surface area contributed by atoms with E-state index in [2.05, 4.69) is 5.32 Å². The predicted molar refractivity (Wildman–Crippen MR) is 126 cm³/mol. The third kappa shape index (κ3) is 3.84. The van der Waals surface area contributed by atoms with Crippen LogP contribution in [0.15, 0.2) is 57.4 Å². The monoisotopic (exact) mass is 433 g/mol. The summed E-state index contributed by atoms with van der Waals surface area (Å²) in [5, 5.41) is 4.70. The number of benzene rings is 2. The molecule has 0 spiro atoms. The maximum Gasteiger partial charge on any atom is 0.336 e. The highest BCUT2D eigenvalue weighted by molar-refractivity contribution is 7.17. The highest BCUT2D eigenvalue weighted by Crippen LogP contribution is 2.22. The normalized spacial score (nSPS) is 11.1. The Morgan fingerprint density at radius 1 is 0.968 bits per heavy atom. The third-order valence-electron chi connectivity index (χ3n) is 5.26. The van der Waals surface area contributed by atoms with Crippen molar-refractivity contribution < 1.29 is 4.79 Å². The van der Waals surface area contributed by atoms with Gasteiger partial charge in [0.15, 0.2) is 0 Å². The summed E-state index contributed by atoms with van der Waals surface area (Å²) in [6, 6.07) is 12.9. The standard InChI is InChI=1S/C24H23N3O3S/c1-14-6-5-7-18(12-14)27-23(29)22-19(8-9-31-22)26(24(27)30)13-20(28)25-21-16(3)10-15(2)11-17(21)4/h5-12H,13H2,1-4H3,(H,25,28). The van der Waals surface area contributed by atoms with E-state index in [0.29, 0.717) is 15.9 Å². The van der Waals surface area contributed by atoms with E-state index in [0.717, 1.165) is 32.5 Å². The number of amides is 1. The van der Waals surface area contributed by atoms with E-state index in [1.807, 2.05) is 45.9 Å². The maximum absolute atomic E-state index is 13.3.